The maximum atomic E-state index is 12.1. The Labute approximate surface area is 94.4 Å². The topological polar surface area (TPSA) is 69.0 Å². The van der Waals surface area contributed by atoms with Gasteiger partial charge in [0.15, 0.2) is 15.6 Å². The number of ketones is 1. The molecule has 1 atom stereocenters. The van der Waals surface area contributed by atoms with Crippen LogP contribution in [-0.2, 0) is 16.4 Å². The number of nitrogens with zero attached hydrogens (tertiary/aromatic N) is 2. The Morgan fingerprint density at radius 2 is 2.38 bits per heavy atom. The van der Waals surface area contributed by atoms with Crippen molar-refractivity contribution in [1.29, 1.82) is 0 Å². The molecule has 0 aromatic carbocycles. The SMILES string of the molecule is CCn1cncc1C(=O)C1CCS(=O)(=O)C1. The van der Waals surface area contributed by atoms with Crippen molar-refractivity contribution in [3.05, 3.63) is 18.2 Å². The Morgan fingerprint density at radius 3 is 2.94 bits per heavy atom. The van der Waals surface area contributed by atoms with Crippen LogP contribution in [0.25, 0.3) is 0 Å². The fourth-order valence-corrected chi connectivity index (χ4v) is 3.73. The number of sulfone groups is 1. The number of rotatable bonds is 3. The second kappa shape index (κ2) is 4.01. The maximum Gasteiger partial charge on any atom is 0.184 e. The summed E-state index contributed by atoms with van der Waals surface area (Å²) in [5, 5.41) is 0. The Hall–Kier alpha value is -1.17. The predicted octanol–water partition coefficient (Wildman–Crippen LogP) is 0.520. The van der Waals surface area contributed by atoms with Crippen molar-refractivity contribution in [3.8, 4) is 0 Å². The van der Waals surface area contributed by atoms with Crippen molar-refractivity contribution < 1.29 is 13.2 Å². The van der Waals surface area contributed by atoms with Crippen LogP contribution in [0.2, 0.25) is 0 Å². The highest BCUT2D eigenvalue weighted by atomic mass is 32.2. The number of imidazole rings is 1. The number of Topliss-reactive ketones (excluding diaryl/α,β-unsaturated/α-hetero) is 1. The molecule has 1 aromatic rings. The molecule has 6 heteroatoms. The van der Waals surface area contributed by atoms with Gasteiger partial charge < -0.3 is 4.57 Å². The minimum atomic E-state index is -3.00. The molecule has 0 amide bonds. The van der Waals surface area contributed by atoms with Gasteiger partial charge in [0, 0.05) is 12.5 Å². The van der Waals surface area contributed by atoms with Gasteiger partial charge in [0.25, 0.3) is 0 Å². The van der Waals surface area contributed by atoms with Gasteiger partial charge in [-0.3, -0.25) is 4.79 Å². The quantitative estimate of drug-likeness (QED) is 0.725. The van der Waals surface area contributed by atoms with Gasteiger partial charge in [-0.1, -0.05) is 0 Å². The smallest absolute Gasteiger partial charge is 0.184 e. The van der Waals surface area contributed by atoms with E-state index in [4.69, 9.17) is 0 Å². The summed E-state index contributed by atoms with van der Waals surface area (Å²) in [6.45, 7) is 2.59. The molecule has 1 saturated heterocycles. The number of hydrogen-bond acceptors (Lipinski definition) is 4. The molecule has 0 saturated carbocycles. The molecule has 2 rings (SSSR count). The molecule has 1 fully saturated rings. The van der Waals surface area contributed by atoms with Gasteiger partial charge in [-0.2, -0.15) is 0 Å². The first kappa shape index (κ1) is 11.3. The molecule has 5 nitrogen and oxygen atoms in total. The third-order valence-electron chi connectivity index (χ3n) is 2.91. The van der Waals surface area contributed by atoms with E-state index in [-0.39, 0.29) is 23.2 Å². The maximum absolute atomic E-state index is 12.1. The Bertz CT molecular complexity index is 504. The first-order valence-electron chi connectivity index (χ1n) is 5.28. The van der Waals surface area contributed by atoms with Gasteiger partial charge in [0.2, 0.25) is 0 Å². The zero-order valence-electron chi connectivity index (χ0n) is 9.09. The van der Waals surface area contributed by atoms with Crippen molar-refractivity contribution in [2.75, 3.05) is 11.5 Å². The summed E-state index contributed by atoms with van der Waals surface area (Å²) in [7, 11) is -3.00. The molecule has 16 heavy (non-hydrogen) atoms. The van der Waals surface area contributed by atoms with E-state index in [1.165, 1.54) is 6.20 Å². The first-order chi connectivity index (χ1) is 7.53. The molecule has 1 aliphatic heterocycles. The molecule has 1 aliphatic rings. The molecule has 1 unspecified atom stereocenters. The first-order valence-corrected chi connectivity index (χ1v) is 7.10. The molecule has 1 aromatic heterocycles. The monoisotopic (exact) mass is 242 g/mol. The van der Waals surface area contributed by atoms with Crippen molar-refractivity contribution >= 4 is 15.6 Å². The molecule has 0 aliphatic carbocycles. The minimum absolute atomic E-state index is 0.0132. The number of aryl methyl sites for hydroxylation is 1. The van der Waals surface area contributed by atoms with Crippen molar-refractivity contribution in [3.63, 3.8) is 0 Å². The fraction of sp³-hybridized carbons (Fsp3) is 0.600. The van der Waals surface area contributed by atoms with E-state index >= 15 is 0 Å². The normalized spacial score (nSPS) is 23.4. The molecule has 0 N–H and O–H groups in total. The number of aromatic nitrogens is 2. The minimum Gasteiger partial charge on any atom is -0.328 e. The average molecular weight is 242 g/mol. The second-order valence-electron chi connectivity index (χ2n) is 4.03. The highest BCUT2D eigenvalue weighted by molar-refractivity contribution is 7.91. The standard InChI is InChI=1S/C10H14N2O3S/c1-2-12-7-11-5-9(12)10(13)8-3-4-16(14,15)6-8/h5,7-8H,2-4,6H2,1H3. The van der Waals surface area contributed by atoms with Crippen LogP contribution in [0.1, 0.15) is 23.8 Å². The lowest BCUT2D eigenvalue weighted by Gasteiger charge is -2.08. The van der Waals surface area contributed by atoms with Crippen molar-refractivity contribution in [2.24, 2.45) is 5.92 Å². The van der Waals surface area contributed by atoms with Crippen LogP contribution in [0.15, 0.2) is 12.5 Å². The molecule has 0 radical (unpaired) electrons. The largest absolute Gasteiger partial charge is 0.328 e. The van der Waals surface area contributed by atoms with Crippen molar-refractivity contribution in [1.82, 2.24) is 9.55 Å². The van der Waals surface area contributed by atoms with E-state index in [0.717, 1.165) is 0 Å². The summed E-state index contributed by atoms with van der Waals surface area (Å²) in [4.78, 5) is 16.0. The summed E-state index contributed by atoms with van der Waals surface area (Å²) >= 11 is 0. The molecule has 0 spiro atoms. The molecule has 2 heterocycles. The van der Waals surface area contributed by atoms with E-state index in [1.54, 1.807) is 10.9 Å². The number of carbonyl (C=O) groups is 1. The molecule has 88 valence electrons. The van der Waals surface area contributed by atoms with E-state index in [1.807, 2.05) is 6.92 Å². The van der Waals surface area contributed by atoms with Crippen LogP contribution >= 0.6 is 0 Å². The van der Waals surface area contributed by atoms with Gasteiger partial charge >= 0.3 is 0 Å². The van der Waals surface area contributed by atoms with E-state index < -0.39 is 9.84 Å². The van der Waals surface area contributed by atoms with E-state index in [2.05, 4.69) is 4.98 Å². The summed E-state index contributed by atoms with van der Waals surface area (Å²) in [6.07, 6.45) is 3.55. The van der Waals surface area contributed by atoms with Crippen LogP contribution in [0.4, 0.5) is 0 Å². The number of hydrogen-bond donors (Lipinski definition) is 0. The number of carbonyl (C=O) groups excluding carboxylic acids is 1. The third kappa shape index (κ3) is 2.02. The lowest BCUT2D eigenvalue weighted by Crippen LogP contribution is -2.19. The van der Waals surface area contributed by atoms with Gasteiger partial charge in [0.05, 0.1) is 24.0 Å². The zero-order chi connectivity index (χ0) is 11.8. The highest BCUT2D eigenvalue weighted by Crippen LogP contribution is 2.22. The average Bonchev–Trinajstić information content (AvgIpc) is 2.82. The molecule has 0 bridgehead atoms. The second-order valence-corrected chi connectivity index (χ2v) is 6.26. The van der Waals surface area contributed by atoms with Gasteiger partial charge in [-0.05, 0) is 13.3 Å². The fourth-order valence-electron chi connectivity index (χ4n) is 1.99. The lowest BCUT2D eigenvalue weighted by atomic mass is 10.0. The highest BCUT2D eigenvalue weighted by Gasteiger charge is 2.34. The Morgan fingerprint density at radius 1 is 1.62 bits per heavy atom. The Balaban J connectivity index is 2.21. The lowest BCUT2D eigenvalue weighted by molar-refractivity contribution is 0.0924. The predicted molar refractivity (Wildman–Crippen MR) is 59.0 cm³/mol. The van der Waals surface area contributed by atoms with Crippen LogP contribution in [0, 0.1) is 5.92 Å². The summed E-state index contributed by atoms with van der Waals surface area (Å²) in [6, 6.07) is 0. The zero-order valence-corrected chi connectivity index (χ0v) is 9.90. The summed E-state index contributed by atoms with van der Waals surface area (Å²) in [5.74, 6) is -0.364. The molecular weight excluding hydrogens is 228 g/mol. The Kier molecular flexibility index (Phi) is 2.84. The van der Waals surface area contributed by atoms with E-state index in [9.17, 15) is 13.2 Å². The van der Waals surface area contributed by atoms with Gasteiger partial charge in [0.1, 0.15) is 5.69 Å². The van der Waals surface area contributed by atoms with Gasteiger partial charge in [-0.15, -0.1) is 0 Å². The van der Waals surface area contributed by atoms with Crippen molar-refractivity contribution in [2.45, 2.75) is 19.9 Å². The van der Waals surface area contributed by atoms with Crippen LogP contribution < -0.4 is 0 Å². The molecular formula is C10H14N2O3S. The third-order valence-corrected chi connectivity index (χ3v) is 4.68. The summed E-state index contributed by atoms with van der Waals surface area (Å²) < 4.78 is 24.3. The van der Waals surface area contributed by atoms with Crippen LogP contribution in [-0.4, -0.2) is 35.3 Å². The van der Waals surface area contributed by atoms with Crippen LogP contribution in [0.5, 0.6) is 0 Å². The van der Waals surface area contributed by atoms with Gasteiger partial charge in [-0.25, -0.2) is 13.4 Å². The van der Waals surface area contributed by atoms with Crippen LogP contribution in [0.3, 0.4) is 0 Å². The summed E-state index contributed by atoms with van der Waals surface area (Å²) in [5.41, 5.74) is 0.518. The van der Waals surface area contributed by atoms with E-state index in [0.29, 0.717) is 18.7 Å².